The molecule has 0 radical (unpaired) electrons. The molecule has 0 saturated heterocycles. The van der Waals surface area contributed by atoms with Gasteiger partial charge in [-0.2, -0.15) is 0 Å². The fourth-order valence-electron chi connectivity index (χ4n) is 2.38. The molecular weight excluding hydrogens is 294 g/mol. The minimum absolute atomic E-state index is 0.138. The van der Waals surface area contributed by atoms with Crippen LogP contribution in [0.5, 0.6) is 0 Å². The molecule has 5 nitrogen and oxygen atoms in total. The van der Waals surface area contributed by atoms with Crippen LogP contribution in [0.1, 0.15) is 28.6 Å². The number of carbonyl (C=O) groups is 2. The van der Waals surface area contributed by atoms with Gasteiger partial charge in [-0.15, -0.1) is 0 Å². The average Bonchev–Trinajstić information content (AvgIpc) is 3.05. The molecule has 0 N–H and O–H groups in total. The lowest BCUT2D eigenvalue weighted by Crippen LogP contribution is -2.36. The van der Waals surface area contributed by atoms with Gasteiger partial charge in [0.15, 0.2) is 0 Å². The molecule has 0 spiro atoms. The quantitative estimate of drug-likeness (QED) is 0.769. The maximum absolute atomic E-state index is 12.8. The van der Waals surface area contributed by atoms with Crippen LogP contribution in [0.4, 0.5) is 0 Å². The van der Waals surface area contributed by atoms with Gasteiger partial charge >= 0.3 is 5.97 Å². The Kier molecular flexibility index (Phi) is 5.57. The van der Waals surface area contributed by atoms with Crippen LogP contribution in [0, 0.1) is 12.8 Å². The van der Waals surface area contributed by atoms with Gasteiger partial charge in [0.25, 0.3) is 5.91 Å². The summed E-state index contributed by atoms with van der Waals surface area (Å²) in [4.78, 5) is 26.1. The standard InChI is InChI=1S/C18H21NO4/c1-13-6-4-7-15(10-13)17(20)19(11-14(2)18(21)22-3)12-16-8-5-9-23-16/h4-10,14H,11-12H2,1-3H3. The Morgan fingerprint density at radius 3 is 2.65 bits per heavy atom. The number of ether oxygens (including phenoxy) is 1. The van der Waals surface area contributed by atoms with Gasteiger partial charge in [-0.1, -0.05) is 24.6 Å². The maximum Gasteiger partial charge on any atom is 0.310 e. The van der Waals surface area contributed by atoms with Crippen molar-refractivity contribution >= 4 is 11.9 Å². The molecule has 1 unspecified atom stereocenters. The highest BCUT2D eigenvalue weighted by molar-refractivity contribution is 5.94. The van der Waals surface area contributed by atoms with Crippen LogP contribution >= 0.6 is 0 Å². The third-order valence-electron chi connectivity index (χ3n) is 3.58. The van der Waals surface area contributed by atoms with E-state index in [9.17, 15) is 9.59 Å². The fourth-order valence-corrected chi connectivity index (χ4v) is 2.38. The molecule has 5 heteroatoms. The van der Waals surface area contributed by atoms with E-state index in [2.05, 4.69) is 0 Å². The summed E-state index contributed by atoms with van der Waals surface area (Å²) in [6, 6.07) is 11.0. The summed E-state index contributed by atoms with van der Waals surface area (Å²) in [6.45, 7) is 4.25. The Morgan fingerprint density at radius 2 is 2.04 bits per heavy atom. The first-order valence-corrected chi connectivity index (χ1v) is 7.47. The zero-order chi connectivity index (χ0) is 16.8. The molecular formula is C18H21NO4. The number of nitrogens with zero attached hydrogens (tertiary/aromatic N) is 1. The minimum Gasteiger partial charge on any atom is -0.469 e. The zero-order valence-corrected chi connectivity index (χ0v) is 13.6. The van der Waals surface area contributed by atoms with Gasteiger partial charge < -0.3 is 14.1 Å². The first-order chi connectivity index (χ1) is 11.0. The maximum atomic E-state index is 12.8. The summed E-state index contributed by atoms with van der Waals surface area (Å²) in [5.41, 5.74) is 1.60. The largest absolute Gasteiger partial charge is 0.469 e. The van der Waals surface area contributed by atoms with E-state index >= 15 is 0 Å². The summed E-state index contributed by atoms with van der Waals surface area (Å²) in [6.07, 6.45) is 1.56. The van der Waals surface area contributed by atoms with Crippen molar-refractivity contribution < 1.29 is 18.7 Å². The second-order valence-electron chi connectivity index (χ2n) is 5.56. The van der Waals surface area contributed by atoms with Crippen molar-refractivity contribution in [3.05, 3.63) is 59.5 Å². The van der Waals surface area contributed by atoms with Gasteiger partial charge in [0.05, 0.1) is 25.8 Å². The molecule has 0 aliphatic carbocycles. The van der Waals surface area contributed by atoms with Crippen molar-refractivity contribution in [3.8, 4) is 0 Å². The third-order valence-corrected chi connectivity index (χ3v) is 3.58. The number of methoxy groups -OCH3 is 1. The highest BCUT2D eigenvalue weighted by Gasteiger charge is 2.23. The van der Waals surface area contributed by atoms with Crippen molar-refractivity contribution in [3.63, 3.8) is 0 Å². The lowest BCUT2D eigenvalue weighted by Gasteiger charge is -2.24. The number of furan rings is 1. The molecule has 0 fully saturated rings. The van der Waals surface area contributed by atoms with Crippen LogP contribution in [-0.4, -0.2) is 30.4 Å². The van der Waals surface area contributed by atoms with Gasteiger partial charge in [-0.25, -0.2) is 0 Å². The second-order valence-corrected chi connectivity index (χ2v) is 5.56. The third kappa shape index (κ3) is 4.45. The SMILES string of the molecule is COC(=O)C(C)CN(Cc1ccco1)C(=O)c1cccc(C)c1. The zero-order valence-electron chi connectivity index (χ0n) is 13.6. The fraction of sp³-hybridized carbons (Fsp3) is 0.333. The monoisotopic (exact) mass is 315 g/mol. The van der Waals surface area contributed by atoms with E-state index in [1.54, 1.807) is 36.3 Å². The molecule has 1 aromatic heterocycles. The van der Waals surface area contributed by atoms with E-state index in [1.165, 1.54) is 7.11 Å². The Labute approximate surface area is 135 Å². The molecule has 122 valence electrons. The first-order valence-electron chi connectivity index (χ1n) is 7.47. The second kappa shape index (κ2) is 7.63. The number of carbonyl (C=O) groups excluding carboxylic acids is 2. The summed E-state index contributed by atoms with van der Waals surface area (Å²) < 4.78 is 10.1. The Morgan fingerprint density at radius 1 is 1.26 bits per heavy atom. The van der Waals surface area contributed by atoms with Crippen LogP contribution in [0.2, 0.25) is 0 Å². The molecule has 1 atom stereocenters. The lowest BCUT2D eigenvalue weighted by molar-refractivity contribution is -0.145. The molecule has 23 heavy (non-hydrogen) atoms. The van der Waals surface area contributed by atoms with E-state index < -0.39 is 5.92 Å². The molecule has 0 bridgehead atoms. The molecule has 0 aliphatic rings. The first kappa shape index (κ1) is 16.8. The Bertz CT molecular complexity index is 663. The Hall–Kier alpha value is -2.56. The van der Waals surface area contributed by atoms with Crippen molar-refractivity contribution in [2.75, 3.05) is 13.7 Å². The minimum atomic E-state index is -0.413. The highest BCUT2D eigenvalue weighted by Crippen LogP contribution is 2.14. The number of rotatable bonds is 6. The van der Waals surface area contributed by atoms with Gasteiger partial charge in [0.2, 0.25) is 0 Å². The van der Waals surface area contributed by atoms with Crippen molar-refractivity contribution in [2.45, 2.75) is 20.4 Å². The van der Waals surface area contributed by atoms with Gasteiger partial charge in [-0.3, -0.25) is 9.59 Å². The number of aryl methyl sites for hydroxylation is 1. The van der Waals surface area contributed by atoms with E-state index in [0.717, 1.165) is 5.56 Å². The van der Waals surface area contributed by atoms with Crippen LogP contribution < -0.4 is 0 Å². The number of benzene rings is 1. The van der Waals surface area contributed by atoms with Crippen LogP contribution in [0.25, 0.3) is 0 Å². The van der Waals surface area contributed by atoms with E-state index in [0.29, 0.717) is 17.9 Å². The summed E-state index contributed by atoms with van der Waals surface area (Å²) in [5.74, 6) is -0.223. The van der Waals surface area contributed by atoms with Crippen molar-refractivity contribution in [1.82, 2.24) is 4.90 Å². The summed E-state index contributed by atoms with van der Waals surface area (Å²) in [5, 5.41) is 0. The topological polar surface area (TPSA) is 59.8 Å². The van der Waals surface area contributed by atoms with Crippen LogP contribution in [0.3, 0.4) is 0 Å². The predicted molar refractivity (Wildman–Crippen MR) is 85.8 cm³/mol. The lowest BCUT2D eigenvalue weighted by atomic mass is 10.1. The molecule has 2 rings (SSSR count). The van der Waals surface area contributed by atoms with Crippen molar-refractivity contribution in [1.29, 1.82) is 0 Å². The molecule has 0 aliphatic heterocycles. The normalized spacial score (nSPS) is 11.8. The van der Waals surface area contributed by atoms with E-state index in [1.807, 2.05) is 25.1 Å². The highest BCUT2D eigenvalue weighted by atomic mass is 16.5. The molecule has 2 aromatic rings. The smallest absolute Gasteiger partial charge is 0.310 e. The number of esters is 1. The summed E-state index contributed by atoms with van der Waals surface area (Å²) >= 11 is 0. The summed E-state index contributed by atoms with van der Waals surface area (Å²) in [7, 11) is 1.35. The molecule has 1 heterocycles. The predicted octanol–water partition coefficient (Wildman–Crippen LogP) is 3.04. The van der Waals surface area contributed by atoms with Crippen molar-refractivity contribution in [2.24, 2.45) is 5.92 Å². The average molecular weight is 315 g/mol. The Balaban J connectivity index is 2.21. The van der Waals surface area contributed by atoms with Crippen LogP contribution in [0.15, 0.2) is 47.1 Å². The molecule has 1 amide bonds. The number of amides is 1. The molecule has 0 saturated carbocycles. The van der Waals surface area contributed by atoms with Gasteiger partial charge in [0.1, 0.15) is 5.76 Å². The van der Waals surface area contributed by atoms with E-state index in [-0.39, 0.29) is 18.4 Å². The number of hydrogen-bond donors (Lipinski definition) is 0. The number of hydrogen-bond acceptors (Lipinski definition) is 4. The van der Waals surface area contributed by atoms with Gasteiger partial charge in [0, 0.05) is 12.1 Å². The van der Waals surface area contributed by atoms with E-state index in [4.69, 9.17) is 9.15 Å². The van der Waals surface area contributed by atoms with Gasteiger partial charge in [-0.05, 0) is 31.2 Å². The molecule has 1 aromatic carbocycles. The van der Waals surface area contributed by atoms with Crippen LogP contribution in [-0.2, 0) is 16.1 Å².